The van der Waals surface area contributed by atoms with Gasteiger partial charge in [0, 0.05) is 28.7 Å². The van der Waals surface area contributed by atoms with Crippen molar-refractivity contribution in [1.29, 1.82) is 0 Å². The number of pyridine rings is 1. The Bertz CT molecular complexity index is 1240. The Labute approximate surface area is 178 Å². The molecule has 4 aromatic rings. The van der Waals surface area contributed by atoms with E-state index in [4.69, 9.17) is 0 Å². The molecular formula is C25H18FN3O2. The number of carbonyl (C=O) groups excluding carboxylic acids is 2. The van der Waals surface area contributed by atoms with Gasteiger partial charge < -0.3 is 10.6 Å². The number of rotatable bonds is 6. The number of hydrogen-bond acceptors (Lipinski definition) is 4. The molecule has 0 spiro atoms. The van der Waals surface area contributed by atoms with Gasteiger partial charge in [-0.2, -0.15) is 0 Å². The van der Waals surface area contributed by atoms with Gasteiger partial charge in [-0.1, -0.05) is 48.5 Å². The van der Waals surface area contributed by atoms with E-state index >= 15 is 0 Å². The van der Waals surface area contributed by atoms with Crippen LogP contribution in [0.2, 0.25) is 0 Å². The first-order valence-corrected chi connectivity index (χ1v) is 9.59. The highest BCUT2D eigenvalue weighted by Gasteiger charge is 2.15. The lowest BCUT2D eigenvalue weighted by atomic mass is 10.0. The highest BCUT2D eigenvalue weighted by atomic mass is 19.1. The predicted octanol–water partition coefficient (Wildman–Crippen LogP) is 5.45. The van der Waals surface area contributed by atoms with Crippen molar-refractivity contribution in [1.82, 2.24) is 4.98 Å². The molecule has 5 nitrogen and oxygen atoms in total. The molecule has 0 aliphatic rings. The SMILES string of the molecule is O=C(c1ccccc1)c1cccc(NC(=O)c2cccnc2Nc2cccc(F)c2)c1. The fraction of sp³-hybridized carbons (Fsp3) is 0. The topological polar surface area (TPSA) is 71.1 Å². The summed E-state index contributed by atoms with van der Waals surface area (Å²) in [7, 11) is 0. The number of halogens is 1. The minimum atomic E-state index is -0.406. The van der Waals surface area contributed by atoms with Crippen LogP contribution < -0.4 is 10.6 Å². The molecule has 0 bridgehead atoms. The number of amides is 1. The molecular weight excluding hydrogens is 393 g/mol. The quantitative estimate of drug-likeness (QED) is 0.414. The second kappa shape index (κ2) is 9.00. The highest BCUT2D eigenvalue weighted by molar-refractivity contribution is 6.11. The Morgan fingerprint density at radius 2 is 1.48 bits per heavy atom. The van der Waals surface area contributed by atoms with Gasteiger partial charge in [-0.15, -0.1) is 0 Å². The number of benzene rings is 3. The average Bonchev–Trinajstić information content (AvgIpc) is 2.80. The maximum Gasteiger partial charge on any atom is 0.259 e. The monoisotopic (exact) mass is 411 g/mol. The molecule has 0 aliphatic carbocycles. The van der Waals surface area contributed by atoms with E-state index in [1.807, 2.05) is 6.07 Å². The summed E-state index contributed by atoms with van der Waals surface area (Å²) in [5.41, 5.74) is 2.27. The number of carbonyl (C=O) groups is 2. The van der Waals surface area contributed by atoms with E-state index in [-0.39, 0.29) is 11.3 Å². The van der Waals surface area contributed by atoms with Crippen molar-refractivity contribution in [3.05, 3.63) is 120 Å². The average molecular weight is 411 g/mol. The molecule has 1 amide bonds. The van der Waals surface area contributed by atoms with Gasteiger partial charge in [0.2, 0.25) is 0 Å². The second-order valence-corrected chi connectivity index (χ2v) is 6.76. The summed E-state index contributed by atoms with van der Waals surface area (Å²) in [6.07, 6.45) is 1.54. The highest BCUT2D eigenvalue weighted by Crippen LogP contribution is 2.21. The van der Waals surface area contributed by atoms with E-state index in [1.54, 1.807) is 72.8 Å². The van der Waals surface area contributed by atoms with Crippen LogP contribution in [0.1, 0.15) is 26.3 Å². The molecule has 31 heavy (non-hydrogen) atoms. The Balaban J connectivity index is 1.55. The van der Waals surface area contributed by atoms with Crippen molar-refractivity contribution in [3.8, 4) is 0 Å². The maximum absolute atomic E-state index is 13.5. The number of aromatic nitrogens is 1. The van der Waals surface area contributed by atoms with Crippen LogP contribution in [0.5, 0.6) is 0 Å². The summed E-state index contributed by atoms with van der Waals surface area (Å²) in [6.45, 7) is 0. The van der Waals surface area contributed by atoms with Gasteiger partial charge >= 0.3 is 0 Å². The fourth-order valence-corrected chi connectivity index (χ4v) is 3.08. The van der Waals surface area contributed by atoms with Gasteiger partial charge in [-0.05, 0) is 42.5 Å². The molecule has 3 aromatic carbocycles. The first-order chi connectivity index (χ1) is 15.1. The molecule has 1 heterocycles. The molecule has 4 rings (SSSR count). The van der Waals surface area contributed by atoms with Crippen LogP contribution in [0.4, 0.5) is 21.6 Å². The molecule has 0 aliphatic heterocycles. The number of nitrogens with zero attached hydrogens (tertiary/aromatic N) is 1. The van der Waals surface area contributed by atoms with Crippen molar-refractivity contribution in [2.75, 3.05) is 10.6 Å². The van der Waals surface area contributed by atoms with Crippen LogP contribution in [-0.2, 0) is 0 Å². The third-order valence-electron chi connectivity index (χ3n) is 4.56. The lowest BCUT2D eigenvalue weighted by Crippen LogP contribution is -2.15. The molecule has 152 valence electrons. The molecule has 0 unspecified atom stereocenters. The molecule has 0 saturated carbocycles. The zero-order valence-electron chi connectivity index (χ0n) is 16.4. The minimum Gasteiger partial charge on any atom is -0.339 e. The number of ketones is 1. The summed E-state index contributed by atoms with van der Waals surface area (Å²) < 4.78 is 13.5. The molecule has 1 aromatic heterocycles. The molecule has 0 saturated heterocycles. The molecule has 0 radical (unpaired) electrons. The Hall–Kier alpha value is -4.32. The lowest BCUT2D eigenvalue weighted by Gasteiger charge is -2.12. The fourth-order valence-electron chi connectivity index (χ4n) is 3.08. The third kappa shape index (κ3) is 4.82. The van der Waals surface area contributed by atoms with Gasteiger partial charge in [0.05, 0.1) is 5.56 Å². The van der Waals surface area contributed by atoms with Crippen molar-refractivity contribution in [3.63, 3.8) is 0 Å². The molecule has 0 fully saturated rings. The van der Waals surface area contributed by atoms with Crippen LogP contribution in [0, 0.1) is 5.82 Å². The molecule has 6 heteroatoms. The second-order valence-electron chi connectivity index (χ2n) is 6.76. The Morgan fingerprint density at radius 1 is 0.742 bits per heavy atom. The van der Waals surface area contributed by atoms with Crippen LogP contribution in [0.3, 0.4) is 0 Å². The van der Waals surface area contributed by atoms with Gasteiger partial charge in [0.25, 0.3) is 5.91 Å². The predicted molar refractivity (Wildman–Crippen MR) is 118 cm³/mol. The van der Waals surface area contributed by atoms with E-state index in [0.29, 0.717) is 28.3 Å². The van der Waals surface area contributed by atoms with Crippen molar-refractivity contribution in [2.24, 2.45) is 0 Å². The van der Waals surface area contributed by atoms with E-state index in [9.17, 15) is 14.0 Å². The third-order valence-corrected chi connectivity index (χ3v) is 4.56. The largest absolute Gasteiger partial charge is 0.339 e. The summed E-state index contributed by atoms with van der Waals surface area (Å²) >= 11 is 0. The van der Waals surface area contributed by atoms with Crippen LogP contribution in [0.25, 0.3) is 0 Å². The van der Waals surface area contributed by atoms with Crippen LogP contribution in [-0.4, -0.2) is 16.7 Å². The summed E-state index contributed by atoms with van der Waals surface area (Å²) in [6, 6.07) is 24.8. The van der Waals surface area contributed by atoms with Gasteiger partial charge in [0.15, 0.2) is 5.78 Å². The zero-order valence-corrected chi connectivity index (χ0v) is 16.4. The Kier molecular flexibility index (Phi) is 5.80. The number of hydrogen-bond donors (Lipinski definition) is 2. The van der Waals surface area contributed by atoms with E-state index in [0.717, 1.165) is 0 Å². The molecule has 2 N–H and O–H groups in total. The Morgan fingerprint density at radius 3 is 2.29 bits per heavy atom. The first-order valence-electron chi connectivity index (χ1n) is 9.59. The first kappa shape index (κ1) is 20.0. The minimum absolute atomic E-state index is 0.133. The van der Waals surface area contributed by atoms with Crippen molar-refractivity contribution >= 4 is 28.9 Å². The van der Waals surface area contributed by atoms with Crippen LogP contribution >= 0.6 is 0 Å². The zero-order chi connectivity index (χ0) is 21.6. The van der Waals surface area contributed by atoms with E-state index < -0.39 is 11.7 Å². The summed E-state index contributed by atoms with van der Waals surface area (Å²) in [5, 5.41) is 5.76. The maximum atomic E-state index is 13.5. The van der Waals surface area contributed by atoms with E-state index in [1.165, 1.54) is 18.3 Å². The smallest absolute Gasteiger partial charge is 0.259 e. The van der Waals surface area contributed by atoms with Gasteiger partial charge in [-0.25, -0.2) is 9.37 Å². The number of nitrogens with one attached hydrogen (secondary N) is 2. The molecule has 0 atom stereocenters. The lowest BCUT2D eigenvalue weighted by molar-refractivity contribution is 0.102. The summed E-state index contributed by atoms with van der Waals surface area (Å²) in [5.74, 6) is -0.642. The van der Waals surface area contributed by atoms with Crippen LogP contribution in [0.15, 0.2) is 97.2 Å². The van der Waals surface area contributed by atoms with Crippen molar-refractivity contribution < 1.29 is 14.0 Å². The van der Waals surface area contributed by atoms with E-state index in [2.05, 4.69) is 15.6 Å². The van der Waals surface area contributed by atoms with Crippen molar-refractivity contribution in [2.45, 2.75) is 0 Å². The normalized spacial score (nSPS) is 10.4. The van der Waals surface area contributed by atoms with Gasteiger partial charge in [-0.3, -0.25) is 9.59 Å². The number of anilines is 3. The summed E-state index contributed by atoms with van der Waals surface area (Å²) in [4.78, 5) is 29.8. The van der Waals surface area contributed by atoms with Gasteiger partial charge in [0.1, 0.15) is 11.6 Å². The standard InChI is InChI=1S/C25H18FN3O2/c26-19-10-5-12-21(16-19)28-24-22(13-6-14-27-24)25(31)29-20-11-4-9-18(15-20)23(30)17-7-2-1-3-8-17/h1-16H,(H,27,28)(H,29,31).